The number of piperidine rings is 1. The van der Waals surface area contributed by atoms with Crippen molar-refractivity contribution in [3.63, 3.8) is 0 Å². The van der Waals surface area contributed by atoms with Gasteiger partial charge >= 0.3 is 0 Å². The van der Waals surface area contributed by atoms with E-state index in [1.54, 1.807) is 0 Å². The maximum absolute atomic E-state index is 12.9. The number of rotatable bonds is 6. The molecule has 0 spiro atoms. The highest BCUT2D eigenvalue weighted by molar-refractivity contribution is 7.99. The summed E-state index contributed by atoms with van der Waals surface area (Å²) in [6.07, 6.45) is 6.90. The highest BCUT2D eigenvalue weighted by Crippen LogP contribution is 2.26. The van der Waals surface area contributed by atoms with Crippen molar-refractivity contribution < 1.29 is 4.79 Å². The van der Waals surface area contributed by atoms with Crippen LogP contribution in [0, 0.1) is 17.2 Å². The van der Waals surface area contributed by atoms with Crippen molar-refractivity contribution >= 4 is 17.7 Å². The van der Waals surface area contributed by atoms with Crippen molar-refractivity contribution in [2.24, 2.45) is 5.92 Å². The topological polar surface area (TPSA) is 61.9 Å². The second kappa shape index (κ2) is 8.91. The monoisotopic (exact) mass is 368 g/mol. The van der Waals surface area contributed by atoms with Crippen molar-refractivity contribution in [1.82, 2.24) is 14.5 Å². The molecule has 1 aliphatic heterocycles. The molecular formula is C20H24N4OS. The first-order valence-electron chi connectivity index (χ1n) is 9.11. The number of nitriles is 1. The average Bonchev–Trinajstić information content (AvgIpc) is 3.14. The number of carbonyl (C=O) groups is 1. The summed E-state index contributed by atoms with van der Waals surface area (Å²) in [4.78, 5) is 20.2. The lowest BCUT2D eigenvalue weighted by Crippen LogP contribution is -2.39. The zero-order valence-corrected chi connectivity index (χ0v) is 15.9. The lowest BCUT2D eigenvalue weighted by molar-refractivity contribution is 0.0679. The van der Waals surface area contributed by atoms with Gasteiger partial charge in [0.25, 0.3) is 5.91 Å². The van der Waals surface area contributed by atoms with Gasteiger partial charge in [0, 0.05) is 43.3 Å². The number of hydrogen-bond donors (Lipinski definition) is 0. The number of benzene rings is 1. The summed E-state index contributed by atoms with van der Waals surface area (Å²) in [7, 11) is 0. The van der Waals surface area contributed by atoms with E-state index in [0.29, 0.717) is 17.2 Å². The van der Waals surface area contributed by atoms with Gasteiger partial charge in [-0.1, -0.05) is 19.1 Å². The molecule has 0 unspecified atom stereocenters. The molecule has 2 aromatic rings. The van der Waals surface area contributed by atoms with Gasteiger partial charge in [-0.05, 0) is 30.9 Å². The van der Waals surface area contributed by atoms with E-state index < -0.39 is 0 Å². The molecule has 1 aromatic carbocycles. The van der Waals surface area contributed by atoms with Crippen LogP contribution in [0.2, 0.25) is 0 Å². The Morgan fingerprint density at radius 1 is 1.35 bits per heavy atom. The molecule has 136 valence electrons. The van der Waals surface area contributed by atoms with Crippen molar-refractivity contribution in [2.75, 3.05) is 18.8 Å². The third-order valence-corrected chi connectivity index (χ3v) is 5.82. The molecule has 6 heteroatoms. The van der Waals surface area contributed by atoms with Crippen LogP contribution in [-0.2, 0) is 13.0 Å². The normalized spacial score (nSPS) is 15.0. The largest absolute Gasteiger partial charge is 0.339 e. The molecule has 2 heterocycles. The molecule has 1 amide bonds. The standard InChI is InChI=1S/C20H24N4OS/c1-2-19-22-10-13-24(19)15-16-7-11-23(12-8-16)20(25)17-5-3-4-6-18(17)26-14-9-21/h3-6,10,13,16H,2,7-8,11-12,14-15H2,1H3. The van der Waals surface area contributed by atoms with E-state index in [1.165, 1.54) is 11.8 Å². The van der Waals surface area contributed by atoms with Gasteiger partial charge in [-0.3, -0.25) is 4.79 Å². The van der Waals surface area contributed by atoms with Gasteiger partial charge in [-0.25, -0.2) is 4.98 Å². The predicted octanol–water partition coefficient (Wildman–Crippen LogP) is 3.61. The SMILES string of the molecule is CCc1nccn1CC1CCN(C(=O)c2ccccc2SCC#N)CC1. The third kappa shape index (κ3) is 4.28. The molecule has 0 saturated carbocycles. The van der Waals surface area contributed by atoms with Crippen LogP contribution in [0.4, 0.5) is 0 Å². The van der Waals surface area contributed by atoms with E-state index in [2.05, 4.69) is 28.7 Å². The zero-order chi connectivity index (χ0) is 18.4. The Bertz CT molecular complexity index is 787. The van der Waals surface area contributed by atoms with E-state index in [1.807, 2.05) is 35.4 Å². The van der Waals surface area contributed by atoms with Crippen molar-refractivity contribution in [1.29, 1.82) is 5.26 Å². The number of nitrogens with zero attached hydrogens (tertiary/aromatic N) is 4. The summed E-state index contributed by atoms with van der Waals surface area (Å²) in [6.45, 7) is 4.69. The maximum atomic E-state index is 12.9. The summed E-state index contributed by atoms with van der Waals surface area (Å²) >= 11 is 1.43. The molecule has 0 aliphatic carbocycles. The minimum Gasteiger partial charge on any atom is -0.339 e. The number of imidazole rings is 1. The maximum Gasteiger partial charge on any atom is 0.254 e. The Hall–Kier alpha value is -2.26. The zero-order valence-electron chi connectivity index (χ0n) is 15.1. The van der Waals surface area contributed by atoms with E-state index in [4.69, 9.17) is 5.26 Å². The van der Waals surface area contributed by atoms with E-state index in [0.717, 1.165) is 49.6 Å². The fraction of sp³-hybridized carbons (Fsp3) is 0.450. The molecule has 0 bridgehead atoms. The number of aromatic nitrogens is 2. The molecule has 1 fully saturated rings. The quantitative estimate of drug-likeness (QED) is 0.731. The molecule has 0 N–H and O–H groups in total. The average molecular weight is 369 g/mol. The van der Waals surface area contributed by atoms with Crippen molar-refractivity contribution in [3.05, 3.63) is 48.0 Å². The van der Waals surface area contributed by atoms with Crippen LogP contribution >= 0.6 is 11.8 Å². The Kier molecular flexibility index (Phi) is 6.35. The Morgan fingerprint density at radius 3 is 2.85 bits per heavy atom. The molecule has 5 nitrogen and oxygen atoms in total. The minimum atomic E-state index is 0.0846. The second-order valence-corrected chi connectivity index (χ2v) is 7.55. The lowest BCUT2D eigenvalue weighted by Gasteiger charge is -2.32. The first-order chi connectivity index (χ1) is 12.7. The molecule has 1 saturated heterocycles. The Morgan fingerprint density at radius 2 is 2.12 bits per heavy atom. The number of likely N-dealkylation sites (tertiary alicyclic amines) is 1. The first kappa shape index (κ1) is 18.5. The highest BCUT2D eigenvalue weighted by Gasteiger charge is 2.25. The lowest BCUT2D eigenvalue weighted by atomic mass is 9.96. The van der Waals surface area contributed by atoms with Gasteiger partial charge in [-0.15, -0.1) is 11.8 Å². The minimum absolute atomic E-state index is 0.0846. The summed E-state index contributed by atoms with van der Waals surface area (Å²) in [6, 6.07) is 9.73. The summed E-state index contributed by atoms with van der Waals surface area (Å²) in [5.74, 6) is 2.16. The second-order valence-electron chi connectivity index (χ2n) is 6.53. The van der Waals surface area contributed by atoms with E-state index in [9.17, 15) is 4.79 Å². The number of amides is 1. The molecule has 1 aromatic heterocycles. The van der Waals surface area contributed by atoms with Crippen molar-refractivity contribution in [2.45, 2.75) is 37.6 Å². The summed E-state index contributed by atoms with van der Waals surface area (Å²) in [5, 5.41) is 8.81. The van der Waals surface area contributed by atoms with E-state index >= 15 is 0 Å². The fourth-order valence-electron chi connectivity index (χ4n) is 3.47. The molecule has 3 rings (SSSR count). The Balaban J connectivity index is 1.60. The van der Waals surface area contributed by atoms with Gasteiger partial charge in [0.05, 0.1) is 17.4 Å². The highest BCUT2D eigenvalue weighted by atomic mass is 32.2. The molecule has 26 heavy (non-hydrogen) atoms. The predicted molar refractivity (Wildman–Crippen MR) is 103 cm³/mol. The van der Waals surface area contributed by atoms with Crippen LogP contribution in [0.3, 0.4) is 0 Å². The smallest absolute Gasteiger partial charge is 0.254 e. The first-order valence-corrected chi connectivity index (χ1v) is 10.1. The number of hydrogen-bond acceptors (Lipinski definition) is 4. The summed E-state index contributed by atoms with van der Waals surface area (Å²) in [5.41, 5.74) is 0.717. The van der Waals surface area contributed by atoms with Crippen LogP contribution < -0.4 is 0 Å². The molecule has 0 radical (unpaired) electrons. The molecular weight excluding hydrogens is 344 g/mol. The van der Waals surface area contributed by atoms with Gasteiger partial charge in [-0.2, -0.15) is 5.26 Å². The van der Waals surface area contributed by atoms with Gasteiger partial charge < -0.3 is 9.47 Å². The molecule has 0 atom stereocenters. The fourth-order valence-corrected chi connectivity index (χ4v) is 4.17. The molecule has 1 aliphatic rings. The third-order valence-electron chi connectivity index (χ3n) is 4.88. The van der Waals surface area contributed by atoms with Crippen LogP contribution in [0.15, 0.2) is 41.6 Å². The number of carbonyl (C=O) groups excluding carboxylic acids is 1. The van der Waals surface area contributed by atoms with Crippen LogP contribution in [0.1, 0.15) is 35.9 Å². The van der Waals surface area contributed by atoms with E-state index in [-0.39, 0.29) is 5.91 Å². The number of aryl methyl sites for hydroxylation is 1. The van der Waals surface area contributed by atoms with Gasteiger partial charge in [0.1, 0.15) is 5.82 Å². The van der Waals surface area contributed by atoms with Crippen LogP contribution in [0.25, 0.3) is 0 Å². The van der Waals surface area contributed by atoms with Gasteiger partial charge in [0.2, 0.25) is 0 Å². The van der Waals surface area contributed by atoms with Gasteiger partial charge in [0.15, 0.2) is 0 Å². The number of thioether (sulfide) groups is 1. The van der Waals surface area contributed by atoms with Crippen molar-refractivity contribution in [3.8, 4) is 6.07 Å². The Labute approximate surface area is 159 Å². The van der Waals surface area contributed by atoms with Crippen LogP contribution in [0.5, 0.6) is 0 Å². The summed E-state index contributed by atoms with van der Waals surface area (Å²) < 4.78 is 2.25. The van der Waals surface area contributed by atoms with Crippen LogP contribution in [-0.4, -0.2) is 39.2 Å².